The summed E-state index contributed by atoms with van der Waals surface area (Å²) in [7, 11) is -3.66. The number of pyridine rings is 1. The van der Waals surface area contributed by atoms with Crippen LogP contribution in [0.15, 0.2) is 52.1 Å². The van der Waals surface area contributed by atoms with Gasteiger partial charge in [-0.25, -0.2) is 18.1 Å². The summed E-state index contributed by atoms with van der Waals surface area (Å²) in [6.07, 6.45) is 1.47. The van der Waals surface area contributed by atoms with Crippen LogP contribution in [-0.2, 0) is 16.6 Å². The normalized spacial score (nSPS) is 13.1. The van der Waals surface area contributed by atoms with Crippen molar-refractivity contribution in [3.05, 3.63) is 58.2 Å². The molecule has 1 unspecified atom stereocenters. The summed E-state index contributed by atoms with van der Waals surface area (Å²) in [5.74, 6) is 0. The first-order valence-electron chi connectivity index (χ1n) is 6.35. The predicted octanol–water partition coefficient (Wildman–Crippen LogP) is 2.34. The quantitative estimate of drug-likeness (QED) is 0.846. The number of aromatic nitrogens is 1. The average molecular weight is 370 g/mol. The van der Waals surface area contributed by atoms with Crippen molar-refractivity contribution in [2.45, 2.75) is 24.5 Å². The molecule has 1 aromatic carbocycles. The minimum absolute atomic E-state index is 0.0125. The first-order valence-corrected chi connectivity index (χ1v) is 8.63. The molecule has 2 rings (SSSR count). The molecule has 1 heterocycles. The number of nitrogens with one attached hydrogen (secondary N) is 1. The molecule has 0 aliphatic carbocycles. The molecule has 0 amide bonds. The third kappa shape index (κ3) is 4.10. The zero-order valence-electron chi connectivity index (χ0n) is 11.5. The number of benzene rings is 1. The molecule has 0 aliphatic heterocycles. The molecule has 7 heteroatoms. The number of hydrogen-bond acceptors (Lipinski definition) is 4. The molecular weight excluding hydrogens is 354 g/mol. The summed E-state index contributed by atoms with van der Waals surface area (Å²) >= 11 is 3.37. The molecule has 1 atom stereocenters. The van der Waals surface area contributed by atoms with E-state index in [0.29, 0.717) is 6.54 Å². The Hall–Kier alpha value is -1.28. The summed E-state index contributed by atoms with van der Waals surface area (Å²) in [6.45, 7) is 2.11. The molecule has 0 fully saturated rings. The van der Waals surface area contributed by atoms with Crippen molar-refractivity contribution in [1.82, 2.24) is 9.71 Å². The Bertz CT molecular complexity index is 717. The van der Waals surface area contributed by atoms with Crippen LogP contribution in [0.5, 0.6) is 0 Å². The zero-order valence-corrected chi connectivity index (χ0v) is 13.9. The number of rotatable bonds is 5. The van der Waals surface area contributed by atoms with Gasteiger partial charge in [0, 0.05) is 23.3 Å². The maximum absolute atomic E-state index is 12.3. The molecule has 1 aromatic heterocycles. The van der Waals surface area contributed by atoms with Gasteiger partial charge in [0.1, 0.15) is 0 Å². The van der Waals surface area contributed by atoms with Crippen LogP contribution in [0, 0.1) is 0 Å². The van der Waals surface area contributed by atoms with Gasteiger partial charge in [-0.15, -0.1) is 0 Å². The van der Waals surface area contributed by atoms with Gasteiger partial charge >= 0.3 is 0 Å². The fourth-order valence-electron chi connectivity index (χ4n) is 1.83. The lowest BCUT2D eigenvalue weighted by molar-refractivity contribution is 0.563. The van der Waals surface area contributed by atoms with E-state index in [1.165, 1.54) is 12.3 Å². The second-order valence-electron chi connectivity index (χ2n) is 4.61. The van der Waals surface area contributed by atoms with E-state index >= 15 is 0 Å². The Kier molecular flexibility index (Phi) is 5.10. The van der Waals surface area contributed by atoms with Gasteiger partial charge in [0.2, 0.25) is 0 Å². The van der Waals surface area contributed by atoms with E-state index < -0.39 is 10.0 Å². The van der Waals surface area contributed by atoms with Gasteiger partial charge in [0.25, 0.3) is 10.0 Å². The molecule has 21 heavy (non-hydrogen) atoms. The van der Waals surface area contributed by atoms with Crippen LogP contribution in [0.3, 0.4) is 0 Å². The number of nitrogens with zero attached hydrogens (tertiary/aromatic N) is 1. The van der Waals surface area contributed by atoms with E-state index in [1.54, 1.807) is 13.0 Å². The number of nitrogens with two attached hydrogens (primary N) is 1. The monoisotopic (exact) mass is 369 g/mol. The highest BCUT2D eigenvalue weighted by Gasteiger charge is 2.19. The third-order valence-corrected chi connectivity index (χ3v) is 4.94. The standard InChI is InChI=1S/C14H16BrN3O2S/c1-10(12-3-2-4-13(15)7-12)18-21(19,20)14-6-5-11(8-16)9-17-14/h2-7,9-10,18H,8,16H2,1H3. The summed E-state index contributed by atoms with van der Waals surface area (Å²) < 4.78 is 28.1. The number of hydrogen-bond donors (Lipinski definition) is 2. The molecule has 0 aliphatic rings. The Balaban J connectivity index is 2.20. The average Bonchev–Trinajstić information content (AvgIpc) is 2.47. The van der Waals surface area contributed by atoms with Crippen LogP contribution in [0.4, 0.5) is 0 Å². The molecule has 2 aromatic rings. The summed E-state index contributed by atoms with van der Waals surface area (Å²) in [5.41, 5.74) is 7.12. The second-order valence-corrected chi connectivity index (χ2v) is 7.18. The topological polar surface area (TPSA) is 85.1 Å². The van der Waals surface area contributed by atoms with Gasteiger partial charge in [-0.2, -0.15) is 0 Å². The van der Waals surface area contributed by atoms with Crippen molar-refractivity contribution in [2.75, 3.05) is 0 Å². The van der Waals surface area contributed by atoms with Gasteiger partial charge in [-0.3, -0.25) is 0 Å². The van der Waals surface area contributed by atoms with E-state index in [9.17, 15) is 8.42 Å². The van der Waals surface area contributed by atoms with Crippen molar-refractivity contribution in [3.8, 4) is 0 Å². The Morgan fingerprint density at radius 1 is 1.33 bits per heavy atom. The van der Waals surface area contributed by atoms with E-state index in [4.69, 9.17) is 5.73 Å². The molecule has 0 saturated heterocycles. The highest BCUT2D eigenvalue weighted by atomic mass is 79.9. The lowest BCUT2D eigenvalue weighted by atomic mass is 10.1. The maximum Gasteiger partial charge on any atom is 0.258 e. The van der Waals surface area contributed by atoms with Crippen LogP contribution < -0.4 is 10.5 Å². The third-order valence-electron chi connectivity index (χ3n) is 2.99. The number of halogens is 1. The number of sulfonamides is 1. The fraction of sp³-hybridized carbons (Fsp3) is 0.214. The zero-order chi connectivity index (χ0) is 15.5. The van der Waals surface area contributed by atoms with Crippen LogP contribution in [0.1, 0.15) is 24.1 Å². The Labute approximate surface area is 132 Å². The van der Waals surface area contributed by atoms with Crippen LogP contribution in [0.2, 0.25) is 0 Å². The molecule has 0 bridgehead atoms. The van der Waals surface area contributed by atoms with Gasteiger partial charge in [-0.1, -0.05) is 34.1 Å². The fourth-order valence-corrected chi connectivity index (χ4v) is 3.41. The minimum Gasteiger partial charge on any atom is -0.326 e. The van der Waals surface area contributed by atoms with E-state index in [2.05, 4.69) is 25.6 Å². The van der Waals surface area contributed by atoms with E-state index in [0.717, 1.165) is 15.6 Å². The van der Waals surface area contributed by atoms with E-state index in [1.807, 2.05) is 24.3 Å². The van der Waals surface area contributed by atoms with Crippen molar-refractivity contribution >= 4 is 26.0 Å². The largest absolute Gasteiger partial charge is 0.326 e. The molecule has 112 valence electrons. The van der Waals surface area contributed by atoms with Gasteiger partial charge in [-0.05, 0) is 36.2 Å². The van der Waals surface area contributed by atoms with Crippen LogP contribution in [0.25, 0.3) is 0 Å². The summed E-state index contributed by atoms with van der Waals surface area (Å²) in [4.78, 5) is 3.95. The first-order chi connectivity index (χ1) is 9.92. The van der Waals surface area contributed by atoms with Crippen molar-refractivity contribution in [1.29, 1.82) is 0 Å². The lowest BCUT2D eigenvalue weighted by Gasteiger charge is -2.14. The molecule has 3 N–H and O–H groups in total. The smallest absolute Gasteiger partial charge is 0.258 e. The SMILES string of the molecule is CC(NS(=O)(=O)c1ccc(CN)cn1)c1cccc(Br)c1. The van der Waals surface area contributed by atoms with Crippen molar-refractivity contribution < 1.29 is 8.42 Å². The van der Waals surface area contributed by atoms with Gasteiger partial charge < -0.3 is 5.73 Å². The Morgan fingerprint density at radius 2 is 2.10 bits per heavy atom. The van der Waals surface area contributed by atoms with Gasteiger partial charge in [0.15, 0.2) is 5.03 Å². The van der Waals surface area contributed by atoms with Crippen molar-refractivity contribution in [2.24, 2.45) is 5.73 Å². The molecular formula is C14H16BrN3O2S. The van der Waals surface area contributed by atoms with Crippen molar-refractivity contribution in [3.63, 3.8) is 0 Å². The summed E-state index contributed by atoms with van der Waals surface area (Å²) in [6, 6.07) is 10.2. The maximum atomic E-state index is 12.3. The van der Waals surface area contributed by atoms with Gasteiger partial charge in [0.05, 0.1) is 0 Å². The lowest BCUT2D eigenvalue weighted by Crippen LogP contribution is -2.27. The molecule has 0 spiro atoms. The second kappa shape index (κ2) is 6.65. The minimum atomic E-state index is -3.66. The van der Waals surface area contributed by atoms with Crippen LogP contribution >= 0.6 is 15.9 Å². The highest BCUT2D eigenvalue weighted by Crippen LogP contribution is 2.19. The Morgan fingerprint density at radius 3 is 2.67 bits per heavy atom. The molecule has 5 nitrogen and oxygen atoms in total. The summed E-state index contributed by atoms with van der Waals surface area (Å²) in [5, 5.41) is -0.0125. The van der Waals surface area contributed by atoms with E-state index in [-0.39, 0.29) is 11.1 Å². The molecule has 0 saturated carbocycles. The first kappa shape index (κ1) is 16.1. The highest BCUT2D eigenvalue weighted by molar-refractivity contribution is 9.10. The van der Waals surface area contributed by atoms with Crippen LogP contribution in [-0.4, -0.2) is 13.4 Å². The molecule has 0 radical (unpaired) electrons. The predicted molar refractivity (Wildman–Crippen MR) is 85.0 cm³/mol.